The second kappa shape index (κ2) is 6.84. The first kappa shape index (κ1) is 14.3. The van der Waals surface area contributed by atoms with Crippen molar-refractivity contribution in [1.29, 1.82) is 5.26 Å². The SMILES string of the molecule is N#CCOC(=O)CNC(=O)c1ccc(Cl)cc1Cl. The number of esters is 1. The van der Waals surface area contributed by atoms with Gasteiger partial charge in [-0.3, -0.25) is 9.59 Å². The molecule has 1 amide bonds. The van der Waals surface area contributed by atoms with Gasteiger partial charge >= 0.3 is 5.97 Å². The highest BCUT2D eigenvalue weighted by atomic mass is 35.5. The summed E-state index contributed by atoms with van der Waals surface area (Å²) in [6.45, 7) is -0.685. The zero-order chi connectivity index (χ0) is 13.5. The topological polar surface area (TPSA) is 79.2 Å². The number of rotatable bonds is 4. The predicted molar refractivity (Wildman–Crippen MR) is 65.4 cm³/mol. The number of ether oxygens (including phenoxy) is 1. The van der Waals surface area contributed by atoms with Crippen LogP contribution >= 0.6 is 23.2 Å². The first-order valence-corrected chi connectivity index (χ1v) is 5.56. The van der Waals surface area contributed by atoms with Gasteiger partial charge in [-0.25, -0.2) is 0 Å². The number of nitrogens with zero attached hydrogens (tertiary/aromatic N) is 1. The van der Waals surface area contributed by atoms with Crippen molar-refractivity contribution in [3.63, 3.8) is 0 Å². The molecule has 1 rings (SSSR count). The van der Waals surface area contributed by atoms with Crippen LogP contribution in [0, 0.1) is 11.3 Å². The smallest absolute Gasteiger partial charge is 0.326 e. The zero-order valence-electron chi connectivity index (χ0n) is 9.07. The second-order valence-electron chi connectivity index (χ2n) is 3.13. The molecular weight excluding hydrogens is 279 g/mol. The number of benzene rings is 1. The predicted octanol–water partition coefficient (Wildman–Crippen LogP) is 1.79. The van der Waals surface area contributed by atoms with Crippen LogP contribution in [0.25, 0.3) is 0 Å². The molecule has 0 saturated carbocycles. The first-order valence-electron chi connectivity index (χ1n) is 4.80. The van der Waals surface area contributed by atoms with Gasteiger partial charge in [-0.15, -0.1) is 0 Å². The van der Waals surface area contributed by atoms with Gasteiger partial charge in [0.15, 0.2) is 6.61 Å². The van der Waals surface area contributed by atoms with Crippen LogP contribution in [0.5, 0.6) is 0 Å². The number of carbonyl (C=O) groups excluding carboxylic acids is 2. The summed E-state index contributed by atoms with van der Waals surface area (Å²) in [5.74, 6) is -1.22. The Bertz CT molecular complexity index is 512. The molecule has 0 fully saturated rings. The van der Waals surface area contributed by atoms with E-state index in [4.69, 9.17) is 28.5 Å². The number of halogens is 2. The molecule has 0 aliphatic rings. The Morgan fingerprint density at radius 1 is 1.39 bits per heavy atom. The van der Waals surface area contributed by atoms with Crippen LogP contribution in [0.3, 0.4) is 0 Å². The summed E-state index contributed by atoms with van der Waals surface area (Å²) in [7, 11) is 0. The number of hydrogen-bond acceptors (Lipinski definition) is 4. The molecule has 0 radical (unpaired) electrons. The average molecular weight is 287 g/mol. The lowest BCUT2D eigenvalue weighted by Crippen LogP contribution is -2.30. The summed E-state index contributed by atoms with van der Waals surface area (Å²) in [5.41, 5.74) is 0.203. The van der Waals surface area contributed by atoms with Crippen molar-refractivity contribution in [3.8, 4) is 6.07 Å². The van der Waals surface area contributed by atoms with Gasteiger partial charge in [0, 0.05) is 5.02 Å². The van der Waals surface area contributed by atoms with E-state index in [1.165, 1.54) is 18.2 Å². The van der Waals surface area contributed by atoms with Crippen molar-refractivity contribution in [2.24, 2.45) is 0 Å². The Morgan fingerprint density at radius 3 is 2.72 bits per heavy atom. The second-order valence-corrected chi connectivity index (χ2v) is 3.97. The van der Waals surface area contributed by atoms with E-state index < -0.39 is 11.9 Å². The fourth-order valence-corrected chi connectivity index (χ4v) is 1.58. The quantitative estimate of drug-likeness (QED) is 0.856. The first-order chi connectivity index (χ1) is 8.54. The average Bonchev–Trinajstić information content (AvgIpc) is 2.33. The molecule has 0 heterocycles. The van der Waals surface area contributed by atoms with Crippen LogP contribution in [0.4, 0.5) is 0 Å². The highest BCUT2D eigenvalue weighted by molar-refractivity contribution is 6.36. The maximum atomic E-state index is 11.6. The molecule has 94 valence electrons. The number of carbonyl (C=O) groups is 2. The van der Waals surface area contributed by atoms with Crippen LogP contribution in [0.1, 0.15) is 10.4 Å². The molecule has 0 aromatic heterocycles. The van der Waals surface area contributed by atoms with E-state index in [0.29, 0.717) is 5.02 Å². The van der Waals surface area contributed by atoms with Gasteiger partial charge in [0.2, 0.25) is 0 Å². The van der Waals surface area contributed by atoms with E-state index in [0.717, 1.165) is 0 Å². The zero-order valence-corrected chi connectivity index (χ0v) is 10.6. The molecule has 0 spiro atoms. The van der Waals surface area contributed by atoms with Crippen LogP contribution in [-0.2, 0) is 9.53 Å². The third-order valence-corrected chi connectivity index (χ3v) is 2.41. The molecular formula is C11H8Cl2N2O3. The molecule has 0 bridgehead atoms. The molecule has 0 aliphatic carbocycles. The van der Waals surface area contributed by atoms with Gasteiger partial charge in [0.25, 0.3) is 5.91 Å². The largest absolute Gasteiger partial charge is 0.449 e. The lowest BCUT2D eigenvalue weighted by Gasteiger charge is -2.06. The van der Waals surface area contributed by atoms with Crippen molar-refractivity contribution < 1.29 is 14.3 Å². The summed E-state index contributed by atoms with van der Waals surface area (Å²) >= 11 is 11.5. The maximum Gasteiger partial charge on any atom is 0.326 e. The minimum Gasteiger partial charge on any atom is -0.449 e. The summed E-state index contributed by atoms with van der Waals surface area (Å²) in [6, 6.07) is 6.02. The number of hydrogen-bond donors (Lipinski definition) is 1. The highest BCUT2D eigenvalue weighted by Gasteiger charge is 2.12. The van der Waals surface area contributed by atoms with Crippen LogP contribution in [0.15, 0.2) is 18.2 Å². The Morgan fingerprint density at radius 2 is 2.11 bits per heavy atom. The lowest BCUT2D eigenvalue weighted by atomic mass is 10.2. The van der Waals surface area contributed by atoms with Gasteiger partial charge in [-0.1, -0.05) is 23.2 Å². The molecule has 0 saturated heterocycles. The Kier molecular flexibility index (Phi) is 5.43. The van der Waals surface area contributed by atoms with E-state index in [9.17, 15) is 9.59 Å². The van der Waals surface area contributed by atoms with Crippen molar-refractivity contribution in [2.45, 2.75) is 0 Å². The fourth-order valence-electron chi connectivity index (χ4n) is 1.09. The van der Waals surface area contributed by atoms with E-state index in [1.807, 2.05) is 0 Å². The van der Waals surface area contributed by atoms with Gasteiger partial charge < -0.3 is 10.1 Å². The van der Waals surface area contributed by atoms with Crippen LogP contribution in [-0.4, -0.2) is 25.0 Å². The lowest BCUT2D eigenvalue weighted by molar-refractivity contribution is -0.140. The van der Waals surface area contributed by atoms with E-state index >= 15 is 0 Å². The summed E-state index contributed by atoms with van der Waals surface area (Å²) in [6.07, 6.45) is 0. The van der Waals surface area contributed by atoms with Crippen molar-refractivity contribution in [1.82, 2.24) is 5.32 Å². The van der Waals surface area contributed by atoms with Crippen molar-refractivity contribution in [3.05, 3.63) is 33.8 Å². The normalized spacial score (nSPS) is 9.39. The van der Waals surface area contributed by atoms with Gasteiger partial charge in [-0.2, -0.15) is 5.26 Å². The third-order valence-electron chi connectivity index (χ3n) is 1.87. The molecule has 0 unspecified atom stereocenters. The Balaban J connectivity index is 2.56. The standard InChI is InChI=1S/C11H8Cl2N2O3/c12-7-1-2-8(9(13)5-7)11(17)15-6-10(16)18-4-3-14/h1-2,5H,4,6H2,(H,15,17). The Labute approximate surface area is 113 Å². The Hall–Kier alpha value is -1.77. The minimum absolute atomic E-state index is 0.186. The molecule has 18 heavy (non-hydrogen) atoms. The van der Waals surface area contributed by atoms with Crippen molar-refractivity contribution in [2.75, 3.05) is 13.2 Å². The maximum absolute atomic E-state index is 11.6. The fraction of sp³-hybridized carbons (Fsp3) is 0.182. The molecule has 0 atom stereocenters. The van der Waals surface area contributed by atoms with E-state index in [-0.39, 0.29) is 23.7 Å². The summed E-state index contributed by atoms with van der Waals surface area (Å²) in [5, 5.41) is 11.1. The summed E-state index contributed by atoms with van der Waals surface area (Å²) < 4.78 is 4.46. The molecule has 1 aromatic carbocycles. The van der Waals surface area contributed by atoms with Gasteiger partial charge in [0.05, 0.1) is 10.6 Å². The molecule has 7 heteroatoms. The number of nitrogens with one attached hydrogen (secondary N) is 1. The molecule has 1 aromatic rings. The minimum atomic E-state index is -0.699. The van der Waals surface area contributed by atoms with Gasteiger partial charge in [-0.05, 0) is 18.2 Å². The number of nitriles is 1. The van der Waals surface area contributed by atoms with E-state index in [1.54, 1.807) is 6.07 Å². The van der Waals surface area contributed by atoms with Crippen molar-refractivity contribution >= 4 is 35.1 Å². The molecule has 1 N–H and O–H groups in total. The van der Waals surface area contributed by atoms with E-state index in [2.05, 4.69) is 10.1 Å². The molecule has 0 aliphatic heterocycles. The highest BCUT2D eigenvalue weighted by Crippen LogP contribution is 2.20. The summed E-state index contributed by atoms with van der Waals surface area (Å²) in [4.78, 5) is 22.7. The van der Waals surface area contributed by atoms with Crippen LogP contribution in [0.2, 0.25) is 10.0 Å². The monoisotopic (exact) mass is 286 g/mol. The van der Waals surface area contributed by atoms with Crippen LogP contribution < -0.4 is 5.32 Å². The molecule has 5 nitrogen and oxygen atoms in total. The third kappa shape index (κ3) is 4.24. The number of amides is 1. The van der Waals surface area contributed by atoms with Gasteiger partial charge in [0.1, 0.15) is 12.6 Å².